The van der Waals surface area contributed by atoms with Gasteiger partial charge in [-0.15, -0.1) is 0 Å². The van der Waals surface area contributed by atoms with E-state index in [9.17, 15) is 5.11 Å². The number of phenols is 1. The Balaban J connectivity index is 2.29. The minimum atomic E-state index is 0.272. The normalized spacial score (nSPS) is 10.9. The van der Waals surface area contributed by atoms with Crippen LogP contribution in [0.25, 0.3) is 0 Å². The van der Waals surface area contributed by atoms with Crippen LogP contribution >= 0.6 is 0 Å². The van der Waals surface area contributed by atoms with Gasteiger partial charge in [0.15, 0.2) is 0 Å². The Kier molecular flexibility index (Phi) is 3.24. The van der Waals surface area contributed by atoms with Crippen molar-refractivity contribution in [3.63, 3.8) is 0 Å². The molecule has 0 aliphatic carbocycles. The number of phenolic OH excluding ortho intramolecular Hbond substituents is 1. The summed E-state index contributed by atoms with van der Waals surface area (Å²) in [6.45, 7) is 4.10. The summed E-state index contributed by atoms with van der Waals surface area (Å²) >= 11 is 0. The molecule has 0 aromatic heterocycles. The number of aliphatic imine (C=N–C) groups is 1. The van der Waals surface area contributed by atoms with E-state index in [1.165, 1.54) is 11.1 Å². The quantitative estimate of drug-likeness (QED) is 0.775. The first-order valence-corrected chi connectivity index (χ1v) is 5.56. The van der Waals surface area contributed by atoms with Crippen molar-refractivity contribution in [1.29, 1.82) is 0 Å². The van der Waals surface area contributed by atoms with Crippen molar-refractivity contribution in [2.45, 2.75) is 13.8 Å². The molecule has 0 saturated heterocycles. The fourth-order valence-electron chi connectivity index (χ4n) is 1.71. The average molecular weight is 225 g/mol. The highest BCUT2D eigenvalue weighted by Gasteiger charge is 1.98. The minimum absolute atomic E-state index is 0.272. The summed E-state index contributed by atoms with van der Waals surface area (Å²) in [5, 5.41) is 9.19. The van der Waals surface area contributed by atoms with Gasteiger partial charge in [0.1, 0.15) is 5.75 Å². The summed E-state index contributed by atoms with van der Waals surface area (Å²) in [5.41, 5.74) is 4.33. The molecular formula is C15H15NO. The molecule has 0 aliphatic rings. The Morgan fingerprint density at radius 2 is 1.53 bits per heavy atom. The summed E-state index contributed by atoms with van der Waals surface area (Å²) in [6.07, 6.45) is 1.81. The molecule has 0 amide bonds. The first-order chi connectivity index (χ1) is 8.16. The summed E-state index contributed by atoms with van der Waals surface area (Å²) < 4.78 is 0. The zero-order valence-electron chi connectivity index (χ0n) is 10.0. The monoisotopic (exact) mass is 225 g/mol. The molecule has 0 bridgehead atoms. The number of rotatable bonds is 2. The van der Waals surface area contributed by atoms with Gasteiger partial charge in [0.25, 0.3) is 0 Å². The van der Waals surface area contributed by atoms with E-state index in [1.807, 2.05) is 24.4 Å². The zero-order chi connectivity index (χ0) is 12.3. The third-order valence-electron chi connectivity index (χ3n) is 2.68. The third kappa shape index (κ3) is 2.72. The van der Waals surface area contributed by atoms with E-state index in [0.717, 1.165) is 11.3 Å². The number of hydrogen-bond donors (Lipinski definition) is 1. The standard InChI is InChI=1S/C15H15NO/c1-11-4-3-5-12(2)15(11)16-10-13-6-8-14(17)9-7-13/h3-10,17H,1-2H3. The maximum absolute atomic E-state index is 9.19. The zero-order valence-corrected chi connectivity index (χ0v) is 10.0. The summed E-state index contributed by atoms with van der Waals surface area (Å²) in [7, 11) is 0. The van der Waals surface area contributed by atoms with Gasteiger partial charge in [0.2, 0.25) is 0 Å². The van der Waals surface area contributed by atoms with Gasteiger partial charge in [-0.3, -0.25) is 4.99 Å². The van der Waals surface area contributed by atoms with Crippen molar-refractivity contribution in [3.8, 4) is 5.75 Å². The fourth-order valence-corrected chi connectivity index (χ4v) is 1.71. The summed E-state index contributed by atoms with van der Waals surface area (Å²) in [6, 6.07) is 13.1. The number of aromatic hydroxyl groups is 1. The molecule has 0 aliphatic heterocycles. The SMILES string of the molecule is Cc1cccc(C)c1N=Cc1ccc(O)cc1. The van der Waals surface area contributed by atoms with Crippen LogP contribution in [0.2, 0.25) is 0 Å². The van der Waals surface area contributed by atoms with Crippen LogP contribution in [0.3, 0.4) is 0 Å². The van der Waals surface area contributed by atoms with Crippen molar-refractivity contribution in [2.75, 3.05) is 0 Å². The number of benzene rings is 2. The Labute approximate surface area is 101 Å². The van der Waals surface area contributed by atoms with E-state index in [2.05, 4.69) is 31.0 Å². The van der Waals surface area contributed by atoms with Crippen LogP contribution in [0.5, 0.6) is 5.75 Å². The largest absolute Gasteiger partial charge is 0.508 e. The van der Waals surface area contributed by atoms with Gasteiger partial charge in [0, 0.05) is 6.21 Å². The second-order valence-corrected chi connectivity index (χ2v) is 4.09. The van der Waals surface area contributed by atoms with Gasteiger partial charge in [-0.25, -0.2) is 0 Å². The number of para-hydroxylation sites is 1. The van der Waals surface area contributed by atoms with Crippen molar-refractivity contribution in [2.24, 2.45) is 4.99 Å². The van der Waals surface area contributed by atoms with E-state index in [0.29, 0.717) is 0 Å². The molecule has 2 aromatic carbocycles. The lowest BCUT2D eigenvalue weighted by atomic mass is 10.1. The number of hydrogen-bond acceptors (Lipinski definition) is 2. The first kappa shape index (κ1) is 11.4. The molecule has 17 heavy (non-hydrogen) atoms. The van der Waals surface area contributed by atoms with Crippen LogP contribution < -0.4 is 0 Å². The maximum Gasteiger partial charge on any atom is 0.115 e. The lowest BCUT2D eigenvalue weighted by molar-refractivity contribution is 0.475. The molecule has 2 rings (SSSR count). The molecule has 2 nitrogen and oxygen atoms in total. The molecule has 0 unspecified atom stereocenters. The molecule has 0 radical (unpaired) electrons. The molecule has 2 aromatic rings. The molecular weight excluding hydrogens is 210 g/mol. The highest BCUT2D eigenvalue weighted by Crippen LogP contribution is 2.22. The van der Waals surface area contributed by atoms with Crippen LogP contribution in [-0.4, -0.2) is 11.3 Å². The lowest BCUT2D eigenvalue weighted by Gasteiger charge is -2.03. The van der Waals surface area contributed by atoms with Gasteiger partial charge in [-0.1, -0.05) is 18.2 Å². The van der Waals surface area contributed by atoms with Crippen molar-refractivity contribution >= 4 is 11.9 Å². The Bertz CT molecular complexity index is 521. The van der Waals surface area contributed by atoms with Crippen molar-refractivity contribution in [1.82, 2.24) is 0 Å². The highest BCUT2D eigenvalue weighted by atomic mass is 16.3. The topological polar surface area (TPSA) is 32.6 Å². The Morgan fingerprint density at radius 3 is 2.12 bits per heavy atom. The fraction of sp³-hybridized carbons (Fsp3) is 0.133. The molecule has 1 N–H and O–H groups in total. The molecule has 0 saturated carbocycles. The van der Waals surface area contributed by atoms with Gasteiger partial charge in [-0.05, 0) is 54.8 Å². The Hall–Kier alpha value is -2.09. The minimum Gasteiger partial charge on any atom is -0.508 e. The molecule has 0 heterocycles. The van der Waals surface area contributed by atoms with Gasteiger partial charge in [-0.2, -0.15) is 0 Å². The van der Waals surface area contributed by atoms with E-state index in [1.54, 1.807) is 12.1 Å². The van der Waals surface area contributed by atoms with Crippen LogP contribution in [0.15, 0.2) is 47.5 Å². The van der Waals surface area contributed by atoms with E-state index in [4.69, 9.17) is 0 Å². The van der Waals surface area contributed by atoms with Crippen LogP contribution in [0.1, 0.15) is 16.7 Å². The molecule has 0 atom stereocenters. The lowest BCUT2D eigenvalue weighted by Crippen LogP contribution is -1.83. The molecule has 0 fully saturated rings. The summed E-state index contributed by atoms with van der Waals surface area (Å²) in [5.74, 6) is 0.272. The van der Waals surface area contributed by atoms with E-state index in [-0.39, 0.29) is 5.75 Å². The first-order valence-electron chi connectivity index (χ1n) is 5.56. The molecule has 86 valence electrons. The highest BCUT2D eigenvalue weighted by molar-refractivity contribution is 5.82. The van der Waals surface area contributed by atoms with Crippen LogP contribution in [0.4, 0.5) is 5.69 Å². The predicted octanol–water partition coefficient (Wildman–Crippen LogP) is 3.76. The summed E-state index contributed by atoms with van der Waals surface area (Å²) in [4.78, 5) is 4.50. The maximum atomic E-state index is 9.19. The second kappa shape index (κ2) is 4.83. The van der Waals surface area contributed by atoms with Crippen molar-refractivity contribution in [3.05, 3.63) is 59.2 Å². The smallest absolute Gasteiger partial charge is 0.115 e. The third-order valence-corrected chi connectivity index (χ3v) is 2.68. The molecule has 2 heteroatoms. The van der Waals surface area contributed by atoms with E-state index >= 15 is 0 Å². The predicted molar refractivity (Wildman–Crippen MR) is 71.3 cm³/mol. The molecule has 0 spiro atoms. The number of aryl methyl sites for hydroxylation is 2. The van der Waals surface area contributed by atoms with Crippen LogP contribution in [0, 0.1) is 13.8 Å². The van der Waals surface area contributed by atoms with Gasteiger partial charge >= 0.3 is 0 Å². The van der Waals surface area contributed by atoms with Crippen molar-refractivity contribution < 1.29 is 5.11 Å². The number of nitrogens with zero attached hydrogens (tertiary/aromatic N) is 1. The Morgan fingerprint density at radius 1 is 0.941 bits per heavy atom. The average Bonchev–Trinajstić information content (AvgIpc) is 2.31. The van der Waals surface area contributed by atoms with E-state index < -0.39 is 0 Å². The van der Waals surface area contributed by atoms with Gasteiger partial charge in [0.05, 0.1) is 5.69 Å². The second-order valence-electron chi connectivity index (χ2n) is 4.09. The van der Waals surface area contributed by atoms with Gasteiger partial charge < -0.3 is 5.11 Å². The van der Waals surface area contributed by atoms with Crippen LogP contribution in [-0.2, 0) is 0 Å².